The number of aliphatic hydroxyl groups is 2. The summed E-state index contributed by atoms with van der Waals surface area (Å²) >= 11 is 0. The third-order valence-electron chi connectivity index (χ3n) is 9.95. The van der Waals surface area contributed by atoms with Gasteiger partial charge in [0.15, 0.2) is 5.76 Å². The fraction of sp³-hybridized carbons (Fsp3) is 0.378. The Balaban J connectivity index is 1.67. The van der Waals surface area contributed by atoms with Crippen molar-refractivity contribution in [3.8, 4) is 0 Å². The van der Waals surface area contributed by atoms with E-state index in [9.17, 15) is 19.8 Å². The fourth-order valence-electron chi connectivity index (χ4n) is 7.31. The van der Waals surface area contributed by atoms with Gasteiger partial charge in [-0.1, -0.05) is 26.5 Å². The maximum Gasteiger partial charge on any atom is 0.350 e. The van der Waals surface area contributed by atoms with Crippen molar-refractivity contribution in [2.75, 3.05) is 13.7 Å². The number of nitrogens with one attached hydrogen (secondary N) is 1. The maximum absolute atomic E-state index is 13.4. The van der Waals surface area contributed by atoms with Crippen molar-refractivity contribution in [3.63, 3.8) is 0 Å². The second-order valence-electron chi connectivity index (χ2n) is 12.4. The van der Waals surface area contributed by atoms with Crippen LogP contribution in [0, 0.1) is 11.8 Å². The first-order valence-electron chi connectivity index (χ1n) is 16.0. The Bertz CT molecular complexity index is 1900. The molecule has 47 heavy (non-hydrogen) atoms. The van der Waals surface area contributed by atoms with Gasteiger partial charge >= 0.3 is 11.9 Å². The zero-order chi connectivity index (χ0) is 33.9. The predicted octanol–water partition coefficient (Wildman–Crippen LogP) is 5.70. The quantitative estimate of drug-likeness (QED) is 0.304. The fourth-order valence-corrected chi connectivity index (χ4v) is 7.31. The van der Waals surface area contributed by atoms with Crippen molar-refractivity contribution in [3.05, 3.63) is 104 Å². The normalized spacial score (nSPS) is 26.3. The lowest BCUT2D eigenvalue weighted by atomic mass is 9.83. The smallest absolute Gasteiger partial charge is 0.350 e. The molecule has 0 aromatic rings. The van der Waals surface area contributed by atoms with Gasteiger partial charge in [-0.05, 0) is 81.1 Å². The van der Waals surface area contributed by atoms with Crippen LogP contribution in [-0.2, 0) is 19.1 Å². The highest BCUT2D eigenvalue weighted by molar-refractivity contribution is 6.26. The molecule has 0 amide bonds. The first kappa shape index (κ1) is 32.1. The minimum atomic E-state index is -2.52. The van der Waals surface area contributed by atoms with E-state index in [1.807, 2.05) is 39.0 Å². The van der Waals surface area contributed by atoms with Gasteiger partial charge in [0, 0.05) is 46.4 Å². The molecule has 6 aliphatic rings. The van der Waals surface area contributed by atoms with E-state index in [1.54, 1.807) is 19.9 Å². The number of hydrogen-bond donors (Lipinski definition) is 3. The number of carbonyl (C=O) groups is 2. The van der Waals surface area contributed by atoms with Crippen LogP contribution in [0.3, 0.4) is 0 Å². The van der Waals surface area contributed by atoms with Gasteiger partial charge in [-0.15, -0.1) is 0 Å². The molecule has 0 radical (unpaired) electrons. The van der Waals surface area contributed by atoms with Crippen molar-refractivity contribution < 1.29 is 29.3 Å². The van der Waals surface area contributed by atoms with Crippen LogP contribution in [-0.4, -0.2) is 58.6 Å². The average molecular weight is 637 g/mol. The van der Waals surface area contributed by atoms with Gasteiger partial charge < -0.3 is 25.0 Å². The Morgan fingerprint density at radius 2 is 1.74 bits per heavy atom. The van der Waals surface area contributed by atoms with Crippen molar-refractivity contribution in [1.82, 2.24) is 5.32 Å². The number of fused-ring (bicyclic) bond motifs is 5. The van der Waals surface area contributed by atoms with Crippen LogP contribution in [0.1, 0.15) is 60.8 Å². The molecule has 1 aliphatic carbocycles. The molecular weight excluding hydrogens is 596 g/mol. The highest BCUT2D eigenvalue weighted by atomic mass is 16.5. The molecule has 5 heterocycles. The Morgan fingerprint density at radius 1 is 1.04 bits per heavy atom. The predicted molar refractivity (Wildman–Crippen MR) is 180 cm³/mol. The van der Waals surface area contributed by atoms with Crippen LogP contribution < -0.4 is 5.32 Å². The van der Waals surface area contributed by atoms with E-state index in [2.05, 4.69) is 18.8 Å². The summed E-state index contributed by atoms with van der Waals surface area (Å²) < 4.78 is 10.3. The summed E-state index contributed by atoms with van der Waals surface area (Å²) in [7, 11) is 1.16. The zero-order valence-electron chi connectivity index (χ0n) is 27.9. The number of rotatable bonds is 7. The van der Waals surface area contributed by atoms with Crippen LogP contribution >= 0.6 is 0 Å². The monoisotopic (exact) mass is 636 g/mol. The molecule has 5 aliphatic heterocycles. The summed E-state index contributed by atoms with van der Waals surface area (Å²) in [6.07, 6.45) is 8.81. The number of allylic oxidation sites excluding steroid dienone is 11. The standard InChI is InChI=1S/C37H40N4O6/c1-9-21-17(4)24-14-26-19(6)23(12-13-30(42)47-11-3)33(40-26)32-34-31(35(43)37(32,45)36(44)46-8)20(7)27(41-34)16-29-22(10-2)18(5)25(39-29)15-28(21)38-24/h9,14-16,19,23,40,43,45H,1,10-13H2,2-8H3/t19-,23?,37?/m0/s1. The second kappa shape index (κ2) is 11.8. The van der Waals surface area contributed by atoms with E-state index >= 15 is 0 Å². The largest absolute Gasteiger partial charge is 0.507 e. The second-order valence-corrected chi connectivity index (χ2v) is 12.4. The number of ether oxygens (including phenoxy) is 2. The number of aliphatic hydroxyl groups excluding tert-OH is 1. The average Bonchev–Trinajstić information content (AvgIpc) is 3.76. The molecule has 10 nitrogen and oxygen atoms in total. The molecular formula is C37H40N4O6. The molecule has 244 valence electrons. The van der Waals surface area contributed by atoms with Crippen LogP contribution in [0.4, 0.5) is 0 Å². The Labute approximate surface area is 274 Å². The summed E-state index contributed by atoms with van der Waals surface area (Å²) in [5.74, 6) is -2.53. The number of hydrogen-bond acceptors (Lipinski definition) is 10. The van der Waals surface area contributed by atoms with Gasteiger partial charge in [0.05, 0.1) is 47.9 Å². The molecule has 2 unspecified atom stereocenters. The topological polar surface area (TPSA) is 142 Å². The van der Waals surface area contributed by atoms with Crippen LogP contribution in [0.25, 0.3) is 0 Å². The van der Waals surface area contributed by atoms with E-state index < -0.39 is 17.3 Å². The van der Waals surface area contributed by atoms with Crippen LogP contribution in [0.15, 0.2) is 119 Å². The summed E-state index contributed by atoms with van der Waals surface area (Å²) in [5, 5.41) is 27.3. The Morgan fingerprint density at radius 3 is 2.40 bits per heavy atom. The number of methoxy groups -OCH3 is 1. The third kappa shape index (κ3) is 4.76. The Hall–Kier alpha value is -4.83. The number of nitrogens with zero attached hydrogens (tertiary/aromatic N) is 3. The molecule has 0 aromatic carbocycles. The van der Waals surface area contributed by atoms with E-state index in [0.717, 1.165) is 64.3 Å². The van der Waals surface area contributed by atoms with Gasteiger partial charge in [0.2, 0.25) is 5.60 Å². The molecule has 6 rings (SSSR count). The van der Waals surface area contributed by atoms with Crippen LogP contribution in [0.5, 0.6) is 0 Å². The third-order valence-corrected chi connectivity index (χ3v) is 9.95. The Kier molecular flexibility index (Phi) is 8.04. The molecule has 1 fully saturated rings. The SMILES string of the molecule is C=CC1=C(C)C2=NC1=CC1=NC(=CC3=C(C)C4=C(O)C(O)(C(=O)OC)C(=C5NC(=C2)[C@@H](C)C5CCC(=O)OCC)C4=N3)C(CC)=C1C. The molecule has 3 N–H and O–H groups in total. The highest BCUT2D eigenvalue weighted by Gasteiger charge is 2.59. The number of aliphatic imine (C=N–C) groups is 3. The molecule has 8 bridgehead atoms. The lowest BCUT2D eigenvalue weighted by Crippen LogP contribution is -2.44. The molecule has 0 saturated carbocycles. The van der Waals surface area contributed by atoms with Gasteiger partial charge in [-0.2, -0.15) is 0 Å². The van der Waals surface area contributed by atoms with E-state index in [0.29, 0.717) is 23.4 Å². The first-order chi connectivity index (χ1) is 22.4. The molecule has 1 saturated heterocycles. The molecule has 0 spiro atoms. The number of esters is 2. The molecule has 3 atom stereocenters. The lowest BCUT2D eigenvalue weighted by Gasteiger charge is -2.26. The highest BCUT2D eigenvalue weighted by Crippen LogP contribution is 2.50. The number of carbonyl (C=O) groups excluding carboxylic acids is 2. The van der Waals surface area contributed by atoms with Crippen molar-refractivity contribution in [1.29, 1.82) is 0 Å². The minimum Gasteiger partial charge on any atom is -0.507 e. The minimum absolute atomic E-state index is 0.104. The van der Waals surface area contributed by atoms with E-state index in [-0.39, 0.29) is 47.7 Å². The van der Waals surface area contributed by atoms with Crippen molar-refractivity contribution in [2.45, 2.75) is 66.4 Å². The molecule has 0 aromatic heterocycles. The summed E-state index contributed by atoms with van der Waals surface area (Å²) in [6.45, 7) is 16.0. The van der Waals surface area contributed by atoms with Crippen molar-refractivity contribution in [2.24, 2.45) is 26.8 Å². The summed E-state index contributed by atoms with van der Waals surface area (Å²) in [4.78, 5) is 40.9. The van der Waals surface area contributed by atoms with E-state index in [1.165, 1.54) is 0 Å². The summed E-state index contributed by atoms with van der Waals surface area (Å²) in [6, 6.07) is 0. The van der Waals surface area contributed by atoms with Gasteiger partial charge in [-0.25, -0.2) is 19.8 Å². The summed E-state index contributed by atoms with van der Waals surface area (Å²) in [5.41, 5.74) is 7.44. The van der Waals surface area contributed by atoms with Crippen LogP contribution in [0.2, 0.25) is 0 Å². The molecule has 10 heteroatoms. The zero-order valence-corrected chi connectivity index (χ0v) is 27.9. The maximum atomic E-state index is 13.4. The van der Waals surface area contributed by atoms with Gasteiger partial charge in [0.25, 0.3) is 0 Å². The van der Waals surface area contributed by atoms with Gasteiger partial charge in [-0.3, -0.25) is 4.79 Å². The first-order valence-corrected chi connectivity index (χ1v) is 16.0. The van der Waals surface area contributed by atoms with Crippen molar-refractivity contribution >= 4 is 29.1 Å². The van der Waals surface area contributed by atoms with Gasteiger partial charge in [0.1, 0.15) is 0 Å². The lowest BCUT2D eigenvalue weighted by molar-refractivity contribution is -0.156. The van der Waals surface area contributed by atoms with E-state index in [4.69, 9.17) is 24.5 Å².